The van der Waals surface area contributed by atoms with E-state index in [0.29, 0.717) is 18.8 Å². The fourth-order valence-corrected chi connectivity index (χ4v) is 4.23. The summed E-state index contributed by atoms with van der Waals surface area (Å²) in [5.74, 6) is 0.786. The number of fused-ring (bicyclic) bond motifs is 1. The predicted molar refractivity (Wildman–Crippen MR) is 93.6 cm³/mol. The lowest BCUT2D eigenvalue weighted by Crippen LogP contribution is -2.51. The normalized spacial score (nSPS) is 27.9. The highest BCUT2D eigenvalue weighted by Gasteiger charge is 2.44. The lowest BCUT2D eigenvalue weighted by atomic mass is 9.71. The van der Waals surface area contributed by atoms with E-state index in [1.165, 1.54) is 16.3 Å². The molecule has 1 aliphatic carbocycles. The van der Waals surface area contributed by atoms with Crippen molar-refractivity contribution in [2.45, 2.75) is 44.1 Å². The van der Waals surface area contributed by atoms with Gasteiger partial charge in [0.05, 0.1) is 5.60 Å². The Morgan fingerprint density at radius 1 is 1.21 bits per heavy atom. The zero-order chi connectivity index (χ0) is 16.7. The van der Waals surface area contributed by atoms with Crippen molar-refractivity contribution in [2.24, 2.45) is 5.92 Å². The molecule has 1 saturated carbocycles. The Balaban J connectivity index is 1.39. The molecule has 0 radical (unpaired) electrons. The third-order valence-corrected chi connectivity index (χ3v) is 5.66. The second kappa shape index (κ2) is 5.85. The summed E-state index contributed by atoms with van der Waals surface area (Å²) in [5, 5.41) is 12.2. The molecule has 2 fully saturated rings. The van der Waals surface area contributed by atoms with Gasteiger partial charge < -0.3 is 10.0 Å². The monoisotopic (exact) mass is 324 g/mol. The van der Waals surface area contributed by atoms with Crippen LogP contribution in [0.3, 0.4) is 0 Å². The van der Waals surface area contributed by atoms with E-state index in [9.17, 15) is 9.90 Å². The van der Waals surface area contributed by atoms with Gasteiger partial charge in [-0.25, -0.2) is 0 Å². The number of likely N-dealkylation sites (tertiary alicyclic amines) is 1. The van der Waals surface area contributed by atoms with Crippen LogP contribution in [0.1, 0.15) is 44.1 Å². The van der Waals surface area contributed by atoms with Crippen LogP contribution >= 0.6 is 0 Å². The molecule has 4 nitrogen and oxygen atoms in total. The zero-order valence-corrected chi connectivity index (χ0v) is 14.1. The van der Waals surface area contributed by atoms with Gasteiger partial charge in [0.15, 0.2) is 0 Å². The van der Waals surface area contributed by atoms with E-state index in [0.717, 1.165) is 25.9 Å². The van der Waals surface area contributed by atoms with Crippen LogP contribution in [0, 0.1) is 5.92 Å². The van der Waals surface area contributed by atoms with Crippen molar-refractivity contribution in [1.82, 2.24) is 9.88 Å². The molecule has 1 N–H and O–H groups in total. The number of piperidine rings is 1. The first-order valence-corrected chi connectivity index (χ1v) is 8.87. The summed E-state index contributed by atoms with van der Waals surface area (Å²) in [7, 11) is 0. The molecule has 2 aliphatic rings. The van der Waals surface area contributed by atoms with Crippen LogP contribution in [0.25, 0.3) is 10.8 Å². The van der Waals surface area contributed by atoms with E-state index in [2.05, 4.69) is 23.2 Å². The first-order chi connectivity index (χ1) is 11.5. The minimum Gasteiger partial charge on any atom is -0.390 e. The number of carbonyl (C=O) groups is 1. The van der Waals surface area contributed by atoms with Crippen molar-refractivity contribution < 1.29 is 9.90 Å². The molecule has 4 rings (SSSR count). The van der Waals surface area contributed by atoms with Crippen molar-refractivity contribution in [2.75, 3.05) is 13.1 Å². The highest BCUT2D eigenvalue weighted by atomic mass is 16.3. The molecule has 24 heavy (non-hydrogen) atoms. The molecule has 2 aromatic rings. The van der Waals surface area contributed by atoms with Gasteiger partial charge in [0.1, 0.15) is 0 Å². The van der Waals surface area contributed by atoms with Gasteiger partial charge in [-0.3, -0.25) is 9.78 Å². The number of carbonyl (C=O) groups excluding carboxylic acids is 1. The second-order valence-electron chi connectivity index (χ2n) is 7.68. The maximum Gasteiger partial charge on any atom is 0.225 e. The molecule has 126 valence electrons. The minimum absolute atomic E-state index is 0.0308. The van der Waals surface area contributed by atoms with Crippen LogP contribution in [-0.2, 0) is 4.79 Å². The van der Waals surface area contributed by atoms with Crippen molar-refractivity contribution in [3.8, 4) is 0 Å². The molecule has 4 heteroatoms. The van der Waals surface area contributed by atoms with Crippen LogP contribution < -0.4 is 0 Å². The predicted octanol–water partition coefficient (Wildman–Crippen LogP) is 3.10. The van der Waals surface area contributed by atoms with E-state index in [1.807, 2.05) is 30.3 Å². The number of hydrogen-bond acceptors (Lipinski definition) is 3. The first-order valence-electron chi connectivity index (χ1n) is 8.87. The van der Waals surface area contributed by atoms with Crippen molar-refractivity contribution in [3.05, 3.63) is 42.2 Å². The molecule has 0 atom stereocenters. The topological polar surface area (TPSA) is 53.4 Å². The van der Waals surface area contributed by atoms with Crippen LogP contribution in [0.2, 0.25) is 0 Å². The Bertz CT molecular complexity index is 755. The lowest BCUT2D eigenvalue weighted by molar-refractivity contribution is -0.150. The van der Waals surface area contributed by atoms with Crippen LogP contribution in [0.15, 0.2) is 36.7 Å². The average Bonchev–Trinajstić information content (AvgIpc) is 2.59. The summed E-state index contributed by atoms with van der Waals surface area (Å²) in [5.41, 5.74) is 0.729. The number of hydrogen-bond donors (Lipinski definition) is 1. The first kappa shape index (κ1) is 15.6. The largest absolute Gasteiger partial charge is 0.390 e. The number of aliphatic hydroxyl groups is 1. The van der Waals surface area contributed by atoms with Gasteiger partial charge in [-0.1, -0.05) is 12.1 Å². The Morgan fingerprint density at radius 3 is 2.67 bits per heavy atom. The van der Waals surface area contributed by atoms with Gasteiger partial charge in [-0.15, -0.1) is 0 Å². The van der Waals surface area contributed by atoms with Gasteiger partial charge in [0.25, 0.3) is 0 Å². The van der Waals surface area contributed by atoms with E-state index >= 15 is 0 Å². The molecule has 1 aliphatic heterocycles. The highest BCUT2D eigenvalue weighted by molar-refractivity contribution is 5.82. The molecular weight excluding hydrogens is 300 g/mol. The second-order valence-corrected chi connectivity index (χ2v) is 7.68. The van der Waals surface area contributed by atoms with Crippen LogP contribution in [-0.4, -0.2) is 39.6 Å². The highest BCUT2D eigenvalue weighted by Crippen LogP contribution is 2.39. The molecule has 2 heterocycles. The van der Waals surface area contributed by atoms with Crippen molar-refractivity contribution >= 4 is 16.7 Å². The van der Waals surface area contributed by atoms with Gasteiger partial charge >= 0.3 is 0 Å². The van der Waals surface area contributed by atoms with E-state index in [1.54, 1.807) is 0 Å². The standard InChI is InChI=1S/C20H24N2O2/c1-20(24)11-18(12-20)19(23)22-8-5-15(6-9-22)16-3-2-14-4-7-21-13-17(14)10-16/h2-4,7,10,13,15,18,24H,5-6,8-9,11-12H2,1H3. The number of pyridine rings is 1. The summed E-state index contributed by atoms with van der Waals surface area (Å²) in [6.07, 6.45) is 7.00. The Labute approximate surface area is 142 Å². The Morgan fingerprint density at radius 2 is 1.96 bits per heavy atom. The molecule has 0 spiro atoms. The van der Waals surface area contributed by atoms with Gasteiger partial charge in [0, 0.05) is 36.8 Å². The number of aromatic nitrogens is 1. The van der Waals surface area contributed by atoms with Crippen LogP contribution in [0.4, 0.5) is 0 Å². The van der Waals surface area contributed by atoms with E-state index in [4.69, 9.17) is 0 Å². The van der Waals surface area contributed by atoms with E-state index < -0.39 is 5.60 Å². The van der Waals surface area contributed by atoms with Crippen LogP contribution in [0.5, 0.6) is 0 Å². The summed E-state index contributed by atoms with van der Waals surface area (Å²) < 4.78 is 0. The zero-order valence-electron chi connectivity index (χ0n) is 14.1. The summed E-state index contributed by atoms with van der Waals surface area (Å²) >= 11 is 0. The molecule has 0 unspecified atom stereocenters. The van der Waals surface area contributed by atoms with Gasteiger partial charge in [0.2, 0.25) is 5.91 Å². The fourth-order valence-electron chi connectivity index (χ4n) is 4.23. The fraction of sp³-hybridized carbons (Fsp3) is 0.500. The van der Waals surface area contributed by atoms with Gasteiger partial charge in [-0.05, 0) is 61.6 Å². The molecule has 0 bridgehead atoms. The molecule has 1 aromatic heterocycles. The minimum atomic E-state index is -0.627. The quantitative estimate of drug-likeness (QED) is 0.923. The molecule has 1 aromatic carbocycles. The summed E-state index contributed by atoms with van der Waals surface area (Å²) in [4.78, 5) is 18.7. The number of nitrogens with zero attached hydrogens (tertiary/aromatic N) is 2. The smallest absolute Gasteiger partial charge is 0.225 e. The molecule has 1 amide bonds. The lowest BCUT2D eigenvalue weighted by Gasteiger charge is -2.43. The van der Waals surface area contributed by atoms with Gasteiger partial charge in [-0.2, -0.15) is 0 Å². The number of amides is 1. The summed E-state index contributed by atoms with van der Waals surface area (Å²) in [6.45, 7) is 3.47. The van der Waals surface area contributed by atoms with E-state index in [-0.39, 0.29) is 11.8 Å². The SMILES string of the molecule is CC1(O)CC(C(=O)N2CCC(c3ccc4ccncc4c3)CC2)C1. The maximum atomic E-state index is 12.5. The average molecular weight is 324 g/mol. The summed E-state index contributed by atoms with van der Waals surface area (Å²) in [6, 6.07) is 8.66. The van der Waals surface area contributed by atoms with Crippen molar-refractivity contribution in [3.63, 3.8) is 0 Å². The molecule has 1 saturated heterocycles. The molecular formula is C20H24N2O2. The Kier molecular flexibility index (Phi) is 3.80. The third kappa shape index (κ3) is 2.91. The third-order valence-electron chi connectivity index (χ3n) is 5.66. The number of rotatable bonds is 2. The maximum absolute atomic E-state index is 12.5. The number of benzene rings is 1. The Hall–Kier alpha value is -1.94. The van der Waals surface area contributed by atoms with Crippen molar-refractivity contribution in [1.29, 1.82) is 0 Å².